The number of hydrogen-bond acceptors (Lipinski definition) is 3. The van der Waals surface area contributed by atoms with Gasteiger partial charge in [0, 0.05) is 24.7 Å². The second-order valence-corrected chi connectivity index (χ2v) is 5.21. The summed E-state index contributed by atoms with van der Waals surface area (Å²) >= 11 is 0. The Kier molecular flexibility index (Phi) is 4.04. The predicted molar refractivity (Wildman–Crippen MR) is 73.6 cm³/mol. The van der Waals surface area contributed by atoms with Gasteiger partial charge in [-0.3, -0.25) is 4.79 Å². The Bertz CT molecular complexity index is 470. The Labute approximate surface area is 112 Å². The zero-order valence-corrected chi connectivity index (χ0v) is 11.1. The van der Waals surface area contributed by atoms with Gasteiger partial charge in [0.1, 0.15) is 5.82 Å². The van der Waals surface area contributed by atoms with Gasteiger partial charge in [-0.05, 0) is 43.9 Å². The summed E-state index contributed by atoms with van der Waals surface area (Å²) in [4.78, 5) is 12.9. The van der Waals surface area contributed by atoms with Crippen molar-refractivity contribution in [1.82, 2.24) is 0 Å². The molecule has 5 heteroatoms. The average Bonchev–Trinajstić information content (AvgIpc) is 2.38. The van der Waals surface area contributed by atoms with Gasteiger partial charge in [0.15, 0.2) is 0 Å². The van der Waals surface area contributed by atoms with E-state index in [9.17, 15) is 9.18 Å². The maximum atomic E-state index is 14.0. The molecule has 0 heterocycles. The summed E-state index contributed by atoms with van der Waals surface area (Å²) in [6.45, 7) is 0. The van der Waals surface area contributed by atoms with Gasteiger partial charge in [-0.2, -0.15) is 0 Å². The lowest BCUT2D eigenvalue weighted by Gasteiger charge is -2.35. The van der Waals surface area contributed by atoms with Gasteiger partial charge in [0.05, 0.1) is 5.69 Å². The molecule has 1 fully saturated rings. The second-order valence-electron chi connectivity index (χ2n) is 5.21. The normalized spacial score (nSPS) is 23.1. The van der Waals surface area contributed by atoms with Gasteiger partial charge in [-0.15, -0.1) is 0 Å². The molecule has 1 saturated carbocycles. The van der Waals surface area contributed by atoms with E-state index in [2.05, 4.69) is 0 Å². The third-order valence-electron chi connectivity index (χ3n) is 3.90. The smallest absolute Gasteiger partial charge is 0.248 e. The maximum Gasteiger partial charge on any atom is 0.248 e. The van der Waals surface area contributed by atoms with Crippen molar-refractivity contribution in [1.29, 1.82) is 0 Å². The number of carbonyl (C=O) groups excluding carboxylic acids is 1. The predicted octanol–water partition coefficient (Wildman–Crippen LogP) is 1.63. The van der Waals surface area contributed by atoms with Gasteiger partial charge in [0.25, 0.3) is 0 Å². The van der Waals surface area contributed by atoms with E-state index in [0.29, 0.717) is 11.7 Å². The highest BCUT2D eigenvalue weighted by atomic mass is 19.1. The van der Waals surface area contributed by atoms with E-state index < -0.39 is 11.7 Å². The molecule has 104 valence electrons. The molecule has 0 aromatic heterocycles. The van der Waals surface area contributed by atoms with Crippen LogP contribution in [-0.4, -0.2) is 25.0 Å². The first-order valence-electron chi connectivity index (χ1n) is 6.57. The number of anilines is 1. The molecule has 0 saturated heterocycles. The molecular weight excluding hydrogens is 245 g/mol. The van der Waals surface area contributed by atoms with Crippen molar-refractivity contribution in [3.8, 4) is 0 Å². The van der Waals surface area contributed by atoms with E-state index in [1.54, 1.807) is 12.1 Å². The van der Waals surface area contributed by atoms with Crippen molar-refractivity contribution in [3.05, 3.63) is 29.6 Å². The van der Waals surface area contributed by atoms with Crippen molar-refractivity contribution in [3.63, 3.8) is 0 Å². The van der Waals surface area contributed by atoms with E-state index in [4.69, 9.17) is 11.5 Å². The van der Waals surface area contributed by atoms with Gasteiger partial charge < -0.3 is 16.4 Å². The molecule has 0 aliphatic heterocycles. The van der Waals surface area contributed by atoms with Crippen LogP contribution < -0.4 is 16.4 Å². The topological polar surface area (TPSA) is 72.3 Å². The Balaban J connectivity index is 2.15. The van der Waals surface area contributed by atoms with E-state index in [-0.39, 0.29) is 11.6 Å². The number of halogens is 1. The fourth-order valence-corrected chi connectivity index (χ4v) is 2.63. The van der Waals surface area contributed by atoms with E-state index in [1.165, 1.54) is 6.07 Å². The van der Waals surface area contributed by atoms with Crippen LogP contribution in [-0.2, 0) is 0 Å². The second kappa shape index (κ2) is 5.57. The van der Waals surface area contributed by atoms with E-state index in [0.717, 1.165) is 25.7 Å². The van der Waals surface area contributed by atoms with Crippen molar-refractivity contribution in [2.75, 3.05) is 11.9 Å². The van der Waals surface area contributed by atoms with Gasteiger partial charge in [0.2, 0.25) is 5.91 Å². The van der Waals surface area contributed by atoms with Gasteiger partial charge in [-0.25, -0.2) is 4.39 Å². The monoisotopic (exact) mass is 265 g/mol. The number of hydrogen-bond donors (Lipinski definition) is 2. The highest BCUT2D eigenvalue weighted by molar-refractivity contribution is 5.93. The van der Waals surface area contributed by atoms with Crippen molar-refractivity contribution >= 4 is 11.6 Å². The molecule has 0 bridgehead atoms. The average molecular weight is 265 g/mol. The molecule has 0 radical (unpaired) electrons. The summed E-state index contributed by atoms with van der Waals surface area (Å²) < 4.78 is 14.0. The van der Waals surface area contributed by atoms with Crippen LogP contribution in [0.2, 0.25) is 0 Å². The maximum absolute atomic E-state index is 14.0. The molecule has 1 aliphatic carbocycles. The van der Waals surface area contributed by atoms with Crippen LogP contribution in [0, 0.1) is 5.82 Å². The van der Waals surface area contributed by atoms with Crippen molar-refractivity contribution in [2.24, 2.45) is 11.5 Å². The molecular formula is C14H20FN3O. The first-order chi connectivity index (χ1) is 8.99. The quantitative estimate of drug-likeness (QED) is 0.872. The molecule has 0 atom stereocenters. The lowest BCUT2D eigenvalue weighted by molar-refractivity contribution is 0.1000. The molecule has 1 aliphatic rings. The zero-order valence-electron chi connectivity index (χ0n) is 11.1. The molecule has 0 spiro atoms. The molecule has 4 nitrogen and oxygen atoms in total. The minimum Gasteiger partial charge on any atom is -0.369 e. The lowest BCUT2D eigenvalue weighted by atomic mass is 9.90. The van der Waals surface area contributed by atoms with Crippen molar-refractivity contribution in [2.45, 2.75) is 37.8 Å². The number of nitrogens with zero attached hydrogens (tertiary/aromatic N) is 1. The lowest BCUT2D eigenvalue weighted by Crippen LogP contribution is -2.39. The standard InChI is InChI=1S/C14H20FN3O/c1-18(11-5-3-10(16)4-6-11)13-7-2-9(14(17)19)8-12(13)15/h2,7-8,10-11H,3-6,16H2,1H3,(H2,17,19). The van der Waals surface area contributed by atoms with Crippen LogP contribution in [0.15, 0.2) is 18.2 Å². The number of amides is 1. The third kappa shape index (κ3) is 3.04. The van der Waals surface area contributed by atoms with Crippen LogP contribution in [0.4, 0.5) is 10.1 Å². The largest absolute Gasteiger partial charge is 0.369 e. The first-order valence-corrected chi connectivity index (χ1v) is 6.57. The number of carbonyl (C=O) groups is 1. The van der Waals surface area contributed by atoms with E-state index in [1.807, 2.05) is 11.9 Å². The Morgan fingerprint density at radius 2 is 1.95 bits per heavy atom. The van der Waals surface area contributed by atoms with Gasteiger partial charge in [-0.1, -0.05) is 0 Å². The minimum atomic E-state index is -0.614. The van der Waals surface area contributed by atoms with Gasteiger partial charge >= 0.3 is 0 Å². The summed E-state index contributed by atoms with van der Waals surface area (Å²) in [5.74, 6) is -1.02. The number of nitrogens with two attached hydrogens (primary N) is 2. The SMILES string of the molecule is CN(c1ccc(C(N)=O)cc1F)C1CCC(N)CC1. The molecule has 4 N–H and O–H groups in total. The third-order valence-corrected chi connectivity index (χ3v) is 3.90. The first kappa shape index (κ1) is 13.8. The molecule has 1 aromatic rings. The van der Waals surface area contributed by atoms with Crippen LogP contribution in [0.5, 0.6) is 0 Å². The molecule has 1 aromatic carbocycles. The molecule has 0 unspecified atom stereocenters. The van der Waals surface area contributed by atoms with Crippen molar-refractivity contribution < 1.29 is 9.18 Å². The highest BCUT2D eigenvalue weighted by Crippen LogP contribution is 2.28. The zero-order chi connectivity index (χ0) is 14.0. The van der Waals surface area contributed by atoms with Crippen LogP contribution in [0.25, 0.3) is 0 Å². The highest BCUT2D eigenvalue weighted by Gasteiger charge is 2.23. The fourth-order valence-electron chi connectivity index (χ4n) is 2.63. The molecule has 1 amide bonds. The Morgan fingerprint density at radius 1 is 1.32 bits per heavy atom. The summed E-state index contributed by atoms with van der Waals surface area (Å²) in [6, 6.07) is 4.94. The molecule has 2 rings (SSSR count). The molecule has 19 heavy (non-hydrogen) atoms. The van der Waals surface area contributed by atoms with E-state index >= 15 is 0 Å². The van der Waals surface area contributed by atoms with Crippen LogP contribution in [0.3, 0.4) is 0 Å². The Hall–Kier alpha value is -1.62. The fraction of sp³-hybridized carbons (Fsp3) is 0.500. The number of primary amides is 1. The minimum absolute atomic E-state index is 0.195. The summed E-state index contributed by atoms with van der Waals surface area (Å²) in [5.41, 5.74) is 11.7. The van der Waals surface area contributed by atoms with Crippen LogP contribution >= 0.6 is 0 Å². The summed E-state index contributed by atoms with van der Waals surface area (Å²) in [5, 5.41) is 0. The number of benzene rings is 1. The van der Waals surface area contributed by atoms with Crippen LogP contribution in [0.1, 0.15) is 36.0 Å². The number of rotatable bonds is 3. The summed E-state index contributed by atoms with van der Waals surface area (Å²) in [6.07, 6.45) is 3.87. The summed E-state index contributed by atoms with van der Waals surface area (Å²) in [7, 11) is 1.88. The Morgan fingerprint density at radius 3 is 2.47 bits per heavy atom.